The van der Waals surface area contributed by atoms with Crippen molar-refractivity contribution in [2.75, 3.05) is 27.2 Å². The molecule has 2 N–H and O–H groups in total. The Morgan fingerprint density at radius 1 is 1.35 bits per heavy atom. The van der Waals surface area contributed by atoms with Gasteiger partial charge in [0.2, 0.25) is 10.0 Å². The van der Waals surface area contributed by atoms with Crippen LogP contribution < -0.4 is 5.32 Å². The standard InChI is InChI=1S/C12H20N2O5S/c1-8-10(12(15)16)11(9(2)19-8)20(17,18)14(4)7-5-6-13-3/h13H,5-7H2,1-4H3,(H,15,16). The van der Waals surface area contributed by atoms with Crippen LogP contribution in [-0.4, -0.2) is 51.0 Å². The maximum Gasteiger partial charge on any atom is 0.340 e. The number of sulfonamides is 1. The van der Waals surface area contributed by atoms with Gasteiger partial charge in [-0.1, -0.05) is 0 Å². The minimum atomic E-state index is -3.87. The summed E-state index contributed by atoms with van der Waals surface area (Å²) in [5, 5.41) is 12.1. The molecule has 0 fully saturated rings. The highest BCUT2D eigenvalue weighted by Gasteiger charge is 2.33. The average Bonchev–Trinajstić information content (AvgIpc) is 2.64. The number of aromatic carboxylic acids is 1. The lowest BCUT2D eigenvalue weighted by Crippen LogP contribution is -2.30. The summed E-state index contributed by atoms with van der Waals surface area (Å²) in [6.45, 7) is 3.87. The Labute approximate surface area is 118 Å². The van der Waals surface area contributed by atoms with Crippen LogP contribution in [-0.2, 0) is 10.0 Å². The van der Waals surface area contributed by atoms with Crippen LogP contribution in [0.1, 0.15) is 28.3 Å². The second-order valence-electron chi connectivity index (χ2n) is 4.51. The number of hydrogen-bond donors (Lipinski definition) is 2. The van der Waals surface area contributed by atoms with Crippen molar-refractivity contribution in [2.24, 2.45) is 0 Å². The highest BCUT2D eigenvalue weighted by molar-refractivity contribution is 7.89. The van der Waals surface area contributed by atoms with E-state index in [0.717, 1.165) is 4.31 Å². The maximum atomic E-state index is 12.5. The molecule has 7 nitrogen and oxygen atoms in total. The smallest absolute Gasteiger partial charge is 0.340 e. The molecular weight excluding hydrogens is 284 g/mol. The molecule has 1 aromatic rings. The summed E-state index contributed by atoms with van der Waals surface area (Å²) in [6, 6.07) is 0. The van der Waals surface area contributed by atoms with Crippen molar-refractivity contribution in [3.05, 3.63) is 17.1 Å². The van der Waals surface area contributed by atoms with Gasteiger partial charge in [-0.15, -0.1) is 0 Å². The van der Waals surface area contributed by atoms with Crippen molar-refractivity contribution >= 4 is 16.0 Å². The second-order valence-corrected chi connectivity index (χ2v) is 6.49. The number of nitrogens with one attached hydrogen (secondary N) is 1. The van der Waals surface area contributed by atoms with Crippen molar-refractivity contribution in [3.8, 4) is 0 Å². The Balaban J connectivity index is 3.19. The molecule has 0 amide bonds. The molecule has 8 heteroatoms. The lowest BCUT2D eigenvalue weighted by Gasteiger charge is -2.17. The fraction of sp³-hybridized carbons (Fsp3) is 0.583. The number of carbonyl (C=O) groups is 1. The Hall–Kier alpha value is -1.38. The molecule has 0 aliphatic heterocycles. The van der Waals surface area contributed by atoms with E-state index in [4.69, 9.17) is 9.52 Å². The monoisotopic (exact) mass is 304 g/mol. The largest absolute Gasteiger partial charge is 0.478 e. The van der Waals surface area contributed by atoms with Gasteiger partial charge in [0.05, 0.1) is 0 Å². The molecule has 1 heterocycles. The summed E-state index contributed by atoms with van der Waals surface area (Å²) in [5.41, 5.74) is -0.289. The summed E-state index contributed by atoms with van der Waals surface area (Å²) >= 11 is 0. The highest BCUT2D eigenvalue weighted by Crippen LogP contribution is 2.28. The third-order valence-corrected chi connectivity index (χ3v) is 5.00. The van der Waals surface area contributed by atoms with Crippen LogP contribution in [0.2, 0.25) is 0 Å². The molecule has 0 aliphatic rings. The summed E-state index contributed by atoms with van der Waals surface area (Å²) in [4.78, 5) is 11.0. The number of carboxylic acids is 1. The predicted octanol–water partition coefficient (Wildman–Crippen LogP) is 0.825. The van der Waals surface area contributed by atoms with Gasteiger partial charge < -0.3 is 14.8 Å². The quantitative estimate of drug-likeness (QED) is 0.724. The van der Waals surface area contributed by atoms with Crippen LogP contribution in [0.5, 0.6) is 0 Å². The van der Waals surface area contributed by atoms with Crippen molar-refractivity contribution < 1.29 is 22.7 Å². The van der Waals surface area contributed by atoms with Crippen molar-refractivity contribution in [1.29, 1.82) is 0 Å². The van der Waals surface area contributed by atoms with Gasteiger partial charge in [0.15, 0.2) is 0 Å². The summed E-state index contributed by atoms with van der Waals surface area (Å²) < 4.78 is 31.3. The summed E-state index contributed by atoms with van der Waals surface area (Å²) in [7, 11) is -0.667. The van der Waals surface area contributed by atoms with Crippen molar-refractivity contribution in [2.45, 2.75) is 25.2 Å². The van der Waals surface area contributed by atoms with Crippen LogP contribution >= 0.6 is 0 Å². The first-order valence-electron chi connectivity index (χ1n) is 6.17. The van der Waals surface area contributed by atoms with E-state index < -0.39 is 16.0 Å². The van der Waals surface area contributed by atoms with Gasteiger partial charge in [-0.2, -0.15) is 0 Å². The second kappa shape index (κ2) is 6.38. The molecule has 0 spiro atoms. The maximum absolute atomic E-state index is 12.5. The molecule has 0 saturated heterocycles. The molecule has 114 valence electrons. The van der Waals surface area contributed by atoms with Crippen molar-refractivity contribution in [1.82, 2.24) is 9.62 Å². The zero-order valence-electron chi connectivity index (χ0n) is 12.1. The van der Waals surface area contributed by atoms with E-state index in [1.54, 1.807) is 7.05 Å². The summed E-state index contributed by atoms with van der Waals surface area (Å²) in [5.74, 6) is -1.11. The molecule has 0 radical (unpaired) electrons. The van der Waals surface area contributed by atoms with E-state index in [1.165, 1.54) is 20.9 Å². The Bertz CT molecular complexity index is 591. The molecule has 0 unspecified atom stereocenters. The van der Waals surface area contributed by atoms with Gasteiger partial charge in [-0.05, 0) is 33.9 Å². The number of aryl methyl sites for hydroxylation is 2. The molecule has 0 aromatic carbocycles. The van der Waals surface area contributed by atoms with Gasteiger partial charge in [0.25, 0.3) is 0 Å². The Kier molecular flexibility index (Phi) is 5.32. The van der Waals surface area contributed by atoms with Gasteiger partial charge in [0, 0.05) is 13.6 Å². The average molecular weight is 304 g/mol. The lowest BCUT2D eigenvalue weighted by atomic mass is 10.2. The number of furan rings is 1. The van der Waals surface area contributed by atoms with Gasteiger partial charge >= 0.3 is 5.97 Å². The number of rotatable bonds is 7. The SMILES string of the molecule is CNCCCN(C)S(=O)(=O)c1c(C)oc(C)c1C(=O)O. The molecule has 20 heavy (non-hydrogen) atoms. The molecule has 0 bridgehead atoms. The van der Waals surface area contributed by atoms with E-state index in [0.29, 0.717) is 19.5 Å². The first-order valence-corrected chi connectivity index (χ1v) is 7.61. The molecular formula is C12H20N2O5S. The molecule has 1 rings (SSSR count). The molecule has 0 saturated carbocycles. The van der Waals surface area contributed by atoms with Crippen LogP contribution in [0.3, 0.4) is 0 Å². The normalized spacial score (nSPS) is 12.1. The Morgan fingerprint density at radius 3 is 2.45 bits per heavy atom. The minimum absolute atomic E-state index is 0.0946. The van der Waals surface area contributed by atoms with Gasteiger partial charge in [-0.3, -0.25) is 0 Å². The number of nitrogens with zero attached hydrogens (tertiary/aromatic N) is 1. The highest BCUT2D eigenvalue weighted by atomic mass is 32.2. The zero-order valence-corrected chi connectivity index (χ0v) is 12.9. The lowest BCUT2D eigenvalue weighted by molar-refractivity contribution is 0.0691. The molecule has 0 aliphatic carbocycles. The van der Waals surface area contributed by atoms with Crippen molar-refractivity contribution in [3.63, 3.8) is 0 Å². The minimum Gasteiger partial charge on any atom is -0.478 e. The fourth-order valence-electron chi connectivity index (χ4n) is 1.98. The van der Waals surface area contributed by atoms with E-state index in [9.17, 15) is 13.2 Å². The van der Waals surface area contributed by atoms with E-state index in [-0.39, 0.29) is 22.0 Å². The number of hydrogen-bond acceptors (Lipinski definition) is 5. The number of carboxylic acid groups (broad SMARTS) is 1. The summed E-state index contributed by atoms with van der Waals surface area (Å²) in [6.07, 6.45) is 0.629. The topological polar surface area (TPSA) is 99.9 Å². The Morgan fingerprint density at radius 2 is 1.95 bits per heavy atom. The van der Waals surface area contributed by atoms with Gasteiger partial charge in [0.1, 0.15) is 22.0 Å². The van der Waals surface area contributed by atoms with E-state index >= 15 is 0 Å². The third-order valence-electron chi connectivity index (χ3n) is 2.99. The fourth-order valence-corrected chi connectivity index (χ4v) is 3.55. The van der Waals surface area contributed by atoms with Gasteiger partial charge in [-0.25, -0.2) is 17.5 Å². The third kappa shape index (κ3) is 3.20. The first kappa shape index (κ1) is 16.7. The first-order chi connectivity index (χ1) is 9.23. The van der Waals surface area contributed by atoms with Crippen LogP contribution in [0.15, 0.2) is 9.31 Å². The molecule has 0 atom stereocenters. The van der Waals surface area contributed by atoms with Crippen LogP contribution in [0, 0.1) is 13.8 Å². The van der Waals surface area contributed by atoms with Crippen LogP contribution in [0.4, 0.5) is 0 Å². The molecule has 1 aromatic heterocycles. The van der Waals surface area contributed by atoms with Crippen LogP contribution in [0.25, 0.3) is 0 Å². The van der Waals surface area contributed by atoms with E-state index in [1.807, 2.05) is 0 Å². The predicted molar refractivity (Wildman–Crippen MR) is 73.5 cm³/mol. The van der Waals surface area contributed by atoms with E-state index in [2.05, 4.69) is 5.32 Å². The zero-order chi connectivity index (χ0) is 15.5.